The average Bonchev–Trinajstić information content (AvgIpc) is 2.97. The van der Waals surface area contributed by atoms with E-state index in [0.717, 1.165) is 18.9 Å². The zero-order chi connectivity index (χ0) is 16.8. The molecule has 2 fully saturated rings. The summed E-state index contributed by atoms with van der Waals surface area (Å²) < 4.78 is 2.28. The van der Waals surface area contributed by atoms with Gasteiger partial charge in [-0.3, -0.25) is 4.90 Å². The molecule has 136 valence electrons. The minimum atomic E-state index is 0.556. The van der Waals surface area contributed by atoms with Crippen molar-refractivity contribution in [1.29, 1.82) is 0 Å². The van der Waals surface area contributed by atoms with E-state index in [1.54, 1.807) is 0 Å². The average molecular weight is 352 g/mol. The predicted octanol–water partition coefficient (Wildman–Crippen LogP) is 2.73. The molecule has 2 aliphatic heterocycles. The Morgan fingerprint density at radius 1 is 1.04 bits per heavy atom. The highest BCUT2D eigenvalue weighted by Crippen LogP contribution is 2.26. The molecule has 6 heteroatoms. The lowest BCUT2D eigenvalue weighted by Gasteiger charge is -2.32. The third kappa shape index (κ3) is 4.73. The Labute approximate surface area is 151 Å². The van der Waals surface area contributed by atoms with Crippen LogP contribution in [0.25, 0.3) is 0 Å². The van der Waals surface area contributed by atoms with Crippen LogP contribution in [0.15, 0.2) is 0 Å². The Kier molecular flexibility index (Phi) is 6.98. The van der Waals surface area contributed by atoms with Gasteiger partial charge in [0.2, 0.25) is 0 Å². The van der Waals surface area contributed by atoms with Crippen LogP contribution >= 0.6 is 11.8 Å². The van der Waals surface area contributed by atoms with Crippen molar-refractivity contribution in [1.82, 2.24) is 24.6 Å². The lowest BCUT2D eigenvalue weighted by Crippen LogP contribution is -2.36. The summed E-state index contributed by atoms with van der Waals surface area (Å²) in [5.41, 5.74) is 0. The van der Waals surface area contributed by atoms with Crippen molar-refractivity contribution in [2.75, 3.05) is 44.7 Å². The van der Waals surface area contributed by atoms with Gasteiger partial charge in [0.1, 0.15) is 11.6 Å². The van der Waals surface area contributed by atoms with E-state index in [4.69, 9.17) is 0 Å². The summed E-state index contributed by atoms with van der Waals surface area (Å²) in [5.74, 6) is 4.18. The second kappa shape index (κ2) is 9.20. The van der Waals surface area contributed by atoms with Gasteiger partial charge in [-0.15, -0.1) is 10.2 Å². The van der Waals surface area contributed by atoms with Crippen molar-refractivity contribution in [3.8, 4) is 0 Å². The van der Waals surface area contributed by atoms with Crippen LogP contribution < -0.4 is 0 Å². The molecule has 0 spiro atoms. The lowest BCUT2D eigenvalue weighted by molar-refractivity contribution is 0.201. The molecule has 2 saturated heterocycles. The van der Waals surface area contributed by atoms with Gasteiger partial charge in [-0.1, -0.05) is 6.42 Å². The van der Waals surface area contributed by atoms with Gasteiger partial charge < -0.3 is 9.47 Å². The SMILES string of the molecule is CSCCCN1CCC[C@H](c2nnc(CN3CCCCC3)n2C)C1. The van der Waals surface area contributed by atoms with Crippen molar-refractivity contribution < 1.29 is 0 Å². The zero-order valence-corrected chi connectivity index (χ0v) is 16.2. The topological polar surface area (TPSA) is 37.2 Å². The maximum atomic E-state index is 4.59. The third-order valence-electron chi connectivity index (χ3n) is 5.51. The number of rotatable bonds is 7. The van der Waals surface area contributed by atoms with E-state index in [1.165, 1.54) is 76.3 Å². The van der Waals surface area contributed by atoms with E-state index in [1.807, 2.05) is 11.8 Å². The largest absolute Gasteiger partial charge is 0.317 e. The molecular weight excluding hydrogens is 318 g/mol. The van der Waals surface area contributed by atoms with Crippen molar-refractivity contribution in [3.63, 3.8) is 0 Å². The number of aromatic nitrogens is 3. The molecule has 2 aliphatic rings. The van der Waals surface area contributed by atoms with Gasteiger partial charge in [0.05, 0.1) is 6.54 Å². The minimum absolute atomic E-state index is 0.556. The number of thioether (sulfide) groups is 1. The molecule has 0 amide bonds. The maximum absolute atomic E-state index is 4.59. The molecule has 1 aromatic heterocycles. The van der Waals surface area contributed by atoms with Crippen LogP contribution in [0.3, 0.4) is 0 Å². The zero-order valence-electron chi connectivity index (χ0n) is 15.4. The smallest absolute Gasteiger partial charge is 0.146 e. The van der Waals surface area contributed by atoms with E-state index >= 15 is 0 Å². The van der Waals surface area contributed by atoms with E-state index in [9.17, 15) is 0 Å². The fourth-order valence-electron chi connectivity index (χ4n) is 4.09. The van der Waals surface area contributed by atoms with Crippen LogP contribution in [0.5, 0.6) is 0 Å². The van der Waals surface area contributed by atoms with Crippen LogP contribution in [0, 0.1) is 0 Å². The van der Waals surface area contributed by atoms with Gasteiger partial charge in [-0.25, -0.2) is 0 Å². The standard InChI is InChI=1S/C18H33N5S/c1-21-17(15-23-9-4-3-5-10-23)19-20-18(21)16-8-6-11-22(14-16)12-7-13-24-2/h16H,3-15H2,1-2H3/t16-/m0/s1. The highest BCUT2D eigenvalue weighted by atomic mass is 32.2. The summed E-state index contributed by atoms with van der Waals surface area (Å²) in [4.78, 5) is 5.16. The van der Waals surface area contributed by atoms with E-state index in [0.29, 0.717) is 5.92 Å². The molecular formula is C18H33N5S. The van der Waals surface area contributed by atoms with Crippen molar-refractivity contribution in [3.05, 3.63) is 11.6 Å². The van der Waals surface area contributed by atoms with Gasteiger partial charge in [0, 0.05) is 19.5 Å². The maximum Gasteiger partial charge on any atom is 0.146 e. The fourth-order valence-corrected chi connectivity index (χ4v) is 4.51. The first-order valence-electron chi connectivity index (χ1n) is 9.59. The first-order chi connectivity index (χ1) is 11.8. The van der Waals surface area contributed by atoms with Gasteiger partial charge in [0.15, 0.2) is 0 Å². The van der Waals surface area contributed by atoms with E-state index in [2.05, 4.69) is 37.9 Å². The number of likely N-dealkylation sites (tertiary alicyclic amines) is 2. The number of nitrogens with zero attached hydrogens (tertiary/aromatic N) is 5. The van der Waals surface area contributed by atoms with Gasteiger partial charge >= 0.3 is 0 Å². The summed E-state index contributed by atoms with van der Waals surface area (Å²) in [6, 6.07) is 0. The minimum Gasteiger partial charge on any atom is -0.317 e. The first kappa shape index (κ1) is 18.2. The number of hydrogen-bond donors (Lipinski definition) is 0. The molecule has 0 bridgehead atoms. The Morgan fingerprint density at radius 3 is 2.62 bits per heavy atom. The lowest BCUT2D eigenvalue weighted by atomic mass is 9.97. The van der Waals surface area contributed by atoms with Crippen LogP contribution in [-0.4, -0.2) is 69.3 Å². The Morgan fingerprint density at radius 2 is 1.83 bits per heavy atom. The Balaban J connectivity index is 1.57. The van der Waals surface area contributed by atoms with E-state index in [-0.39, 0.29) is 0 Å². The molecule has 24 heavy (non-hydrogen) atoms. The summed E-state index contributed by atoms with van der Waals surface area (Å²) in [7, 11) is 2.17. The molecule has 0 unspecified atom stereocenters. The monoisotopic (exact) mass is 351 g/mol. The summed E-state index contributed by atoms with van der Waals surface area (Å²) >= 11 is 1.95. The molecule has 1 aromatic rings. The summed E-state index contributed by atoms with van der Waals surface area (Å²) in [5, 5.41) is 9.13. The van der Waals surface area contributed by atoms with Crippen LogP contribution in [-0.2, 0) is 13.6 Å². The Bertz CT molecular complexity index is 498. The molecule has 5 nitrogen and oxygen atoms in total. The van der Waals surface area contributed by atoms with Crippen molar-refractivity contribution in [2.24, 2.45) is 7.05 Å². The van der Waals surface area contributed by atoms with Crippen LogP contribution in [0.2, 0.25) is 0 Å². The second-order valence-corrected chi connectivity index (χ2v) is 8.34. The van der Waals surface area contributed by atoms with Crippen molar-refractivity contribution in [2.45, 2.75) is 51.0 Å². The summed E-state index contributed by atoms with van der Waals surface area (Å²) in [6.07, 6.45) is 10.1. The first-order valence-corrected chi connectivity index (χ1v) is 11.0. The molecule has 0 aromatic carbocycles. The van der Waals surface area contributed by atoms with Gasteiger partial charge in [-0.05, 0) is 70.3 Å². The molecule has 1 atom stereocenters. The Hall–Kier alpha value is -0.590. The summed E-state index contributed by atoms with van der Waals surface area (Å²) in [6.45, 7) is 7.04. The predicted molar refractivity (Wildman–Crippen MR) is 102 cm³/mol. The quantitative estimate of drug-likeness (QED) is 0.706. The molecule has 0 aliphatic carbocycles. The van der Waals surface area contributed by atoms with Gasteiger partial charge in [-0.2, -0.15) is 11.8 Å². The van der Waals surface area contributed by atoms with Crippen molar-refractivity contribution >= 4 is 11.8 Å². The third-order valence-corrected chi connectivity index (χ3v) is 6.20. The van der Waals surface area contributed by atoms with Crippen LogP contribution in [0.1, 0.15) is 56.1 Å². The number of piperidine rings is 2. The van der Waals surface area contributed by atoms with E-state index < -0.39 is 0 Å². The normalized spacial score (nSPS) is 23.7. The molecule has 0 radical (unpaired) electrons. The second-order valence-electron chi connectivity index (χ2n) is 7.36. The highest BCUT2D eigenvalue weighted by Gasteiger charge is 2.26. The number of hydrogen-bond acceptors (Lipinski definition) is 5. The molecule has 0 N–H and O–H groups in total. The van der Waals surface area contributed by atoms with Gasteiger partial charge in [0.25, 0.3) is 0 Å². The molecule has 3 rings (SSSR count). The highest BCUT2D eigenvalue weighted by molar-refractivity contribution is 7.98. The molecule has 3 heterocycles. The fraction of sp³-hybridized carbons (Fsp3) is 0.889. The van der Waals surface area contributed by atoms with Crippen LogP contribution in [0.4, 0.5) is 0 Å². The molecule has 0 saturated carbocycles.